The summed E-state index contributed by atoms with van der Waals surface area (Å²) >= 11 is 0. The van der Waals surface area contributed by atoms with Gasteiger partial charge in [-0.25, -0.2) is 4.79 Å². The van der Waals surface area contributed by atoms with Crippen molar-refractivity contribution in [2.75, 3.05) is 18.5 Å². The van der Waals surface area contributed by atoms with Crippen LogP contribution < -0.4 is 10.1 Å². The summed E-state index contributed by atoms with van der Waals surface area (Å²) in [6, 6.07) is 7.59. The number of benzene rings is 1. The van der Waals surface area contributed by atoms with Crippen molar-refractivity contribution in [3.63, 3.8) is 0 Å². The van der Waals surface area contributed by atoms with Gasteiger partial charge in [0.25, 0.3) is 0 Å². The maximum atomic E-state index is 12.1. The van der Waals surface area contributed by atoms with E-state index < -0.39 is 5.97 Å². The number of carbonyl (C=O) groups is 2. The molecule has 1 aromatic carbocycles. The van der Waals surface area contributed by atoms with Crippen LogP contribution in [0, 0.1) is 6.92 Å². The molecule has 2 rings (SSSR count). The molecule has 7 nitrogen and oxygen atoms in total. The lowest BCUT2D eigenvalue weighted by atomic mass is 10.2. The quantitative estimate of drug-likeness (QED) is 0.787. The molecule has 1 heterocycles. The average Bonchev–Trinajstić information content (AvgIpc) is 2.90. The lowest BCUT2D eigenvalue weighted by Crippen LogP contribution is -2.19. The summed E-state index contributed by atoms with van der Waals surface area (Å²) in [4.78, 5) is 23.9. The molecule has 0 spiro atoms. The van der Waals surface area contributed by atoms with Crippen molar-refractivity contribution in [3.8, 4) is 5.75 Å². The molecule has 0 aliphatic rings. The van der Waals surface area contributed by atoms with E-state index >= 15 is 0 Å². The highest BCUT2D eigenvalue weighted by Gasteiger charge is 2.19. The minimum atomic E-state index is -0.517. The van der Waals surface area contributed by atoms with E-state index in [0.717, 1.165) is 5.56 Å². The number of ether oxygens (including phenoxy) is 2. The van der Waals surface area contributed by atoms with Crippen LogP contribution in [0.2, 0.25) is 0 Å². The maximum Gasteiger partial charge on any atom is 0.343 e. The van der Waals surface area contributed by atoms with E-state index in [2.05, 4.69) is 10.4 Å². The highest BCUT2D eigenvalue weighted by Crippen LogP contribution is 2.16. The van der Waals surface area contributed by atoms with Crippen LogP contribution in [0.5, 0.6) is 5.75 Å². The number of hydrogen-bond donors (Lipinski definition) is 1. The molecule has 1 aromatic heterocycles. The van der Waals surface area contributed by atoms with Gasteiger partial charge >= 0.3 is 5.97 Å². The summed E-state index contributed by atoms with van der Waals surface area (Å²) in [7, 11) is 1.64. The molecule has 1 N–H and O–H groups in total. The van der Waals surface area contributed by atoms with E-state index in [9.17, 15) is 9.59 Å². The van der Waals surface area contributed by atoms with Gasteiger partial charge in [0.15, 0.2) is 0 Å². The van der Waals surface area contributed by atoms with Crippen molar-refractivity contribution < 1.29 is 19.1 Å². The topological polar surface area (TPSA) is 82.5 Å². The Bertz CT molecular complexity index is 707. The van der Waals surface area contributed by atoms with E-state index in [4.69, 9.17) is 9.47 Å². The number of aryl methyl sites for hydroxylation is 2. The van der Waals surface area contributed by atoms with Gasteiger partial charge in [0.05, 0.1) is 25.8 Å². The molecular weight excluding hydrogens is 310 g/mol. The van der Waals surface area contributed by atoms with Crippen molar-refractivity contribution in [2.24, 2.45) is 7.05 Å². The largest absolute Gasteiger partial charge is 0.493 e. The number of rotatable bonds is 7. The van der Waals surface area contributed by atoms with Gasteiger partial charge in [-0.2, -0.15) is 5.10 Å². The maximum absolute atomic E-state index is 12.1. The third kappa shape index (κ3) is 4.58. The zero-order chi connectivity index (χ0) is 17.5. The Balaban J connectivity index is 1.89. The second-order valence-electron chi connectivity index (χ2n) is 5.21. The standard InChI is InChI=1S/C17H21N3O4/c1-4-23-17(22)14-11-18-20(3)16(14)19-15(21)9-10-24-13-7-5-12(2)6-8-13/h5-8,11H,4,9-10H2,1-3H3,(H,19,21). The van der Waals surface area contributed by atoms with Crippen molar-refractivity contribution in [3.05, 3.63) is 41.6 Å². The van der Waals surface area contributed by atoms with Crippen molar-refractivity contribution in [2.45, 2.75) is 20.3 Å². The molecule has 0 aliphatic carbocycles. The second kappa shape index (κ2) is 8.14. The summed E-state index contributed by atoms with van der Waals surface area (Å²) in [5.41, 5.74) is 1.37. The van der Waals surface area contributed by atoms with E-state index in [1.54, 1.807) is 14.0 Å². The smallest absolute Gasteiger partial charge is 0.343 e. The van der Waals surface area contributed by atoms with Crippen molar-refractivity contribution >= 4 is 17.7 Å². The number of hydrogen-bond acceptors (Lipinski definition) is 5. The van der Waals surface area contributed by atoms with E-state index in [-0.39, 0.29) is 31.1 Å². The first kappa shape index (κ1) is 17.5. The Morgan fingerprint density at radius 1 is 1.25 bits per heavy atom. The fourth-order valence-corrected chi connectivity index (χ4v) is 2.03. The minimum Gasteiger partial charge on any atom is -0.493 e. The Hall–Kier alpha value is -2.83. The third-order valence-electron chi connectivity index (χ3n) is 3.31. The molecule has 128 valence electrons. The summed E-state index contributed by atoms with van der Waals surface area (Å²) in [6.07, 6.45) is 1.53. The molecule has 1 amide bonds. The first-order valence-electron chi connectivity index (χ1n) is 7.69. The van der Waals surface area contributed by atoms with Gasteiger partial charge in [-0.1, -0.05) is 17.7 Å². The lowest BCUT2D eigenvalue weighted by molar-refractivity contribution is -0.116. The number of aromatic nitrogens is 2. The Labute approximate surface area is 140 Å². The highest BCUT2D eigenvalue weighted by molar-refractivity contribution is 6.00. The molecule has 0 atom stereocenters. The van der Waals surface area contributed by atoms with Gasteiger partial charge in [-0.05, 0) is 26.0 Å². The fourth-order valence-electron chi connectivity index (χ4n) is 2.03. The Morgan fingerprint density at radius 3 is 2.62 bits per heavy atom. The molecule has 7 heteroatoms. The molecule has 0 aliphatic heterocycles. The summed E-state index contributed by atoms with van der Waals surface area (Å²) in [5.74, 6) is 0.239. The van der Waals surface area contributed by atoms with Gasteiger partial charge in [0, 0.05) is 7.05 Å². The number of amides is 1. The van der Waals surface area contributed by atoms with Gasteiger partial charge in [0.1, 0.15) is 17.1 Å². The van der Waals surface area contributed by atoms with Crippen LogP contribution in [0.25, 0.3) is 0 Å². The molecule has 0 saturated heterocycles. The van der Waals surface area contributed by atoms with Gasteiger partial charge in [-0.15, -0.1) is 0 Å². The first-order valence-corrected chi connectivity index (χ1v) is 7.69. The van der Waals surface area contributed by atoms with Gasteiger partial charge < -0.3 is 14.8 Å². The van der Waals surface area contributed by atoms with Gasteiger partial charge in [-0.3, -0.25) is 9.48 Å². The predicted octanol–water partition coefficient (Wildman–Crippen LogP) is 2.31. The lowest BCUT2D eigenvalue weighted by Gasteiger charge is -2.09. The highest BCUT2D eigenvalue weighted by atomic mass is 16.5. The molecule has 0 saturated carbocycles. The minimum absolute atomic E-state index is 0.154. The Kier molecular flexibility index (Phi) is 5.95. The number of esters is 1. The third-order valence-corrected chi connectivity index (χ3v) is 3.31. The summed E-state index contributed by atoms with van der Waals surface area (Å²) in [6.45, 7) is 4.20. The average molecular weight is 331 g/mol. The SMILES string of the molecule is CCOC(=O)c1cnn(C)c1NC(=O)CCOc1ccc(C)cc1. The van der Waals surface area contributed by atoms with E-state index in [0.29, 0.717) is 11.6 Å². The van der Waals surface area contributed by atoms with Crippen LogP contribution in [0.15, 0.2) is 30.5 Å². The number of nitrogens with zero attached hydrogens (tertiary/aromatic N) is 2. The van der Waals surface area contributed by atoms with Crippen LogP contribution in [0.4, 0.5) is 5.82 Å². The first-order chi connectivity index (χ1) is 11.5. The zero-order valence-electron chi connectivity index (χ0n) is 14.0. The zero-order valence-corrected chi connectivity index (χ0v) is 14.0. The van der Waals surface area contributed by atoms with E-state index in [1.165, 1.54) is 10.9 Å². The molecule has 24 heavy (non-hydrogen) atoms. The van der Waals surface area contributed by atoms with Crippen LogP contribution in [0.1, 0.15) is 29.3 Å². The van der Waals surface area contributed by atoms with Crippen LogP contribution in [0.3, 0.4) is 0 Å². The number of anilines is 1. The summed E-state index contributed by atoms with van der Waals surface area (Å²) in [5, 5.41) is 6.65. The monoisotopic (exact) mass is 331 g/mol. The number of carbonyl (C=O) groups excluding carboxylic acids is 2. The van der Waals surface area contributed by atoms with Crippen LogP contribution >= 0.6 is 0 Å². The molecule has 0 radical (unpaired) electrons. The second-order valence-corrected chi connectivity index (χ2v) is 5.21. The normalized spacial score (nSPS) is 10.3. The Morgan fingerprint density at radius 2 is 1.96 bits per heavy atom. The fraction of sp³-hybridized carbons (Fsp3) is 0.353. The molecule has 2 aromatic rings. The molecular formula is C17H21N3O4. The molecule has 0 unspecified atom stereocenters. The summed E-state index contributed by atoms with van der Waals surface area (Å²) < 4.78 is 11.9. The predicted molar refractivity (Wildman–Crippen MR) is 89.1 cm³/mol. The number of nitrogens with one attached hydrogen (secondary N) is 1. The van der Waals surface area contributed by atoms with Gasteiger partial charge in [0.2, 0.25) is 5.91 Å². The molecule has 0 fully saturated rings. The van der Waals surface area contributed by atoms with Crippen molar-refractivity contribution in [1.29, 1.82) is 0 Å². The van der Waals surface area contributed by atoms with Crippen LogP contribution in [-0.4, -0.2) is 34.9 Å². The molecule has 0 bridgehead atoms. The van der Waals surface area contributed by atoms with Crippen molar-refractivity contribution in [1.82, 2.24) is 9.78 Å². The van der Waals surface area contributed by atoms with Crippen LogP contribution in [-0.2, 0) is 16.6 Å². The van der Waals surface area contributed by atoms with E-state index in [1.807, 2.05) is 31.2 Å².